The highest BCUT2D eigenvalue weighted by Crippen LogP contribution is 2.34. The van der Waals surface area contributed by atoms with E-state index in [2.05, 4.69) is 10.6 Å². The monoisotopic (exact) mass is 491 g/mol. The molecule has 0 saturated heterocycles. The molecule has 2 atom stereocenters. The van der Waals surface area contributed by atoms with Crippen LogP contribution in [0.15, 0.2) is 18.2 Å². The number of aliphatic hydroxyl groups is 1. The first kappa shape index (κ1) is 30.4. The highest BCUT2D eigenvalue weighted by molar-refractivity contribution is 5.93. The van der Waals surface area contributed by atoms with Crippen LogP contribution >= 0.6 is 0 Å². The van der Waals surface area contributed by atoms with Gasteiger partial charge in [-0.25, -0.2) is 4.79 Å². The van der Waals surface area contributed by atoms with Crippen molar-refractivity contribution in [3.05, 3.63) is 34.9 Å². The summed E-state index contributed by atoms with van der Waals surface area (Å²) in [5, 5.41) is 15.6. The lowest BCUT2D eigenvalue weighted by Gasteiger charge is -2.45. The molecule has 1 rings (SSSR count). The minimum atomic E-state index is -1.29. The molecule has 0 bridgehead atoms. The summed E-state index contributed by atoms with van der Waals surface area (Å²) in [6.07, 6.45) is -0.283. The first-order valence-corrected chi connectivity index (χ1v) is 12.2. The first-order valence-electron chi connectivity index (χ1n) is 12.2. The second-order valence-electron chi connectivity index (χ2n) is 11.7. The molecular weight excluding hydrogens is 446 g/mol. The summed E-state index contributed by atoms with van der Waals surface area (Å²) < 4.78 is 5.29. The normalized spacial score (nSPS) is 14.1. The third kappa shape index (κ3) is 8.53. The Bertz CT molecular complexity index is 912. The number of nitrogens with one attached hydrogen (secondary N) is 2. The molecule has 1 aromatic carbocycles. The molecule has 0 aliphatic carbocycles. The summed E-state index contributed by atoms with van der Waals surface area (Å²) in [5.74, 6) is -0.907. The first-order chi connectivity index (χ1) is 15.8. The van der Waals surface area contributed by atoms with Gasteiger partial charge in [0.1, 0.15) is 17.7 Å². The van der Waals surface area contributed by atoms with Crippen molar-refractivity contribution >= 4 is 17.9 Å². The van der Waals surface area contributed by atoms with E-state index in [-0.39, 0.29) is 5.91 Å². The fraction of sp³-hybridized carbons (Fsp3) is 0.667. The van der Waals surface area contributed by atoms with Crippen LogP contribution in [0.1, 0.15) is 91.5 Å². The summed E-state index contributed by atoms with van der Waals surface area (Å²) in [7, 11) is 0. The van der Waals surface area contributed by atoms with E-state index in [1.165, 1.54) is 4.90 Å². The Morgan fingerprint density at radius 2 is 1.60 bits per heavy atom. The molecule has 8 heteroatoms. The van der Waals surface area contributed by atoms with Crippen LogP contribution in [0.4, 0.5) is 4.79 Å². The summed E-state index contributed by atoms with van der Waals surface area (Å²) in [5.41, 5.74) is 0.480. The van der Waals surface area contributed by atoms with Gasteiger partial charge in [-0.3, -0.25) is 9.59 Å². The Balaban J connectivity index is 3.67. The number of ether oxygens (including phenoxy) is 1. The fourth-order valence-corrected chi connectivity index (χ4v) is 3.65. The molecule has 0 aromatic heterocycles. The largest absolute Gasteiger partial charge is 0.444 e. The van der Waals surface area contributed by atoms with Crippen LogP contribution in [-0.2, 0) is 14.3 Å². The van der Waals surface area contributed by atoms with Gasteiger partial charge in [0.2, 0.25) is 11.8 Å². The lowest BCUT2D eigenvalue weighted by atomic mass is 9.89. The molecule has 2 unspecified atom stereocenters. The van der Waals surface area contributed by atoms with Crippen molar-refractivity contribution in [2.75, 3.05) is 6.61 Å². The van der Waals surface area contributed by atoms with Gasteiger partial charge in [0.15, 0.2) is 0 Å². The van der Waals surface area contributed by atoms with Gasteiger partial charge in [0, 0.05) is 11.1 Å². The lowest BCUT2D eigenvalue weighted by molar-refractivity contribution is -0.150. The van der Waals surface area contributed by atoms with E-state index in [9.17, 15) is 19.5 Å². The molecule has 0 fully saturated rings. The quantitative estimate of drug-likeness (QED) is 0.506. The van der Waals surface area contributed by atoms with Crippen molar-refractivity contribution in [3.63, 3.8) is 0 Å². The number of hydrogen-bond donors (Lipinski definition) is 3. The van der Waals surface area contributed by atoms with E-state index >= 15 is 0 Å². The van der Waals surface area contributed by atoms with Gasteiger partial charge in [-0.05, 0) is 92.3 Å². The number of aliphatic hydroxyl groups excluding tert-OH is 1. The van der Waals surface area contributed by atoms with Crippen LogP contribution in [0.25, 0.3) is 0 Å². The molecule has 198 valence electrons. The minimum Gasteiger partial charge on any atom is -0.444 e. The van der Waals surface area contributed by atoms with Crippen LogP contribution in [-0.4, -0.2) is 57.2 Å². The number of carbonyl (C=O) groups is 3. The predicted octanol–water partition coefficient (Wildman–Crippen LogP) is 4.16. The molecule has 0 radical (unpaired) electrons. The Kier molecular flexibility index (Phi) is 9.92. The summed E-state index contributed by atoms with van der Waals surface area (Å²) in [6, 6.07) is 3.39. The van der Waals surface area contributed by atoms with E-state index < -0.39 is 47.4 Å². The number of aryl methyl sites for hydroxylation is 1. The zero-order chi connectivity index (χ0) is 27.4. The summed E-state index contributed by atoms with van der Waals surface area (Å²) >= 11 is 0. The molecular formula is C27H45N3O5. The van der Waals surface area contributed by atoms with Crippen molar-refractivity contribution < 1.29 is 24.2 Å². The molecule has 0 aliphatic rings. The smallest absolute Gasteiger partial charge is 0.408 e. The minimum absolute atomic E-state index is 0.338. The van der Waals surface area contributed by atoms with E-state index in [0.717, 1.165) is 11.1 Å². The van der Waals surface area contributed by atoms with Gasteiger partial charge in [0.05, 0.1) is 6.61 Å². The number of hydrogen-bond acceptors (Lipinski definition) is 5. The number of carbonyl (C=O) groups excluding carboxylic acids is 3. The van der Waals surface area contributed by atoms with E-state index in [1.807, 2.05) is 73.6 Å². The summed E-state index contributed by atoms with van der Waals surface area (Å²) in [4.78, 5) is 41.7. The molecule has 0 aliphatic heterocycles. The molecule has 3 amide bonds. The molecule has 0 saturated carbocycles. The average molecular weight is 492 g/mol. The molecule has 3 N–H and O–H groups in total. The van der Waals surface area contributed by atoms with Crippen LogP contribution in [0.3, 0.4) is 0 Å². The zero-order valence-electron chi connectivity index (χ0n) is 23.3. The third-order valence-corrected chi connectivity index (χ3v) is 5.87. The Morgan fingerprint density at radius 3 is 2.06 bits per heavy atom. The molecule has 1 aromatic rings. The Morgan fingerprint density at radius 1 is 1.03 bits per heavy atom. The highest BCUT2D eigenvalue weighted by atomic mass is 16.6. The number of benzene rings is 1. The van der Waals surface area contributed by atoms with Gasteiger partial charge in [-0.1, -0.05) is 25.1 Å². The van der Waals surface area contributed by atoms with Crippen molar-refractivity contribution in [2.45, 2.75) is 111 Å². The number of amides is 3. The van der Waals surface area contributed by atoms with E-state index in [1.54, 1.807) is 20.8 Å². The number of rotatable bonds is 8. The lowest BCUT2D eigenvalue weighted by Crippen LogP contribution is -2.61. The van der Waals surface area contributed by atoms with Crippen LogP contribution in [0.2, 0.25) is 0 Å². The van der Waals surface area contributed by atoms with Gasteiger partial charge in [-0.15, -0.1) is 0 Å². The highest BCUT2D eigenvalue weighted by Gasteiger charge is 2.44. The van der Waals surface area contributed by atoms with Crippen molar-refractivity contribution in [3.8, 4) is 0 Å². The van der Waals surface area contributed by atoms with E-state index in [0.29, 0.717) is 12.0 Å². The van der Waals surface area contributed by atoms with Gasteiger partial charge in [0.25, 0.3) is 0 Å². The molecule has 0 heterocycles. The maximum atomic E-state index is 14.0. The third-order valence-electron chi connectivity index (χ3n) is 5.87. The van der Waals surface area contributed by atoms with Crippen molar-refractivity contribution in [1.82, 2.24) is 15.5 Å². The van der Waals surface area contributed by atoms with E-state index in [4.69, 9.17) is 4.74 Å². The SMILES string of the molecule is CCC(C)(C)N(C(=O)C(CO)NC(=O)OC(C)(C)C)C(C(=O)NC(C)(C)C)c1cccc(C)c1C. The molecule has 35 heavy (non-hydrogen) atoms. The second kappa shape index (κ2) is 11.4. The predicted molar refractivity (Wildman–Crippen MR) is 138 cm³/mol. The maximum Gasteiger partial charge on any atom is 0.408 e. The number of nitrogens with zero attached hydrogens (tertiary/aromatic N) is 1. The Labute approximate surface area is 210 Å². The topological polar surface area (TPSA) is 108 Å². The maximum absolute atomic E-state index is 14.0. The van der Waals surface area contributed by atoms with Crippen molar-refractivity contribution in [2.24, 2.45) is 0 Å². The number of alkyl carbamates (subject to hydrolysis) is 1. The van der Waals surface area contributed by atoms with Crippen LogP contribution < -0.4 is 10.6 Å². The van der Waals surface area contributed by atoms with Gasteiger partial charge in [-0.2, -0.15) is 0 Å². The molecule has 8 nitrogen and oxygen atoms in total. The van der Waals surface area contributed by atoms with Gasteiger partial charge < -0.3 is 25.4 Å². The second-order valence-corrected chi connectivity index (χ2v) is 11.7. The fourth-order valence-electron chi connectivity index (χ4n) is 3.65. The van der Waals surface area contributed by atoms with Crippen LogP contribution in [0, 0.1) is 13.8 Å². The Hall–Kier alpha value is -2.61. The standard InChI is InChI=1S/C27H45N3O5/c1-12-27(10,11)30(23(33)20(16-31)28-24(34)35-26(7,8)9)21(22(32)29-25(4,5)6)19-15-13-14-17(2)18(19)3/h13-15,20-21,31H,12,16H2,1-11H3,(H,28,34)(H,29,32). The average Bonchev–Trinajstić information content (AvgIpc) is 2.69. The van der Waals surface area contributed by atoms with Crippen LogP contribution in [0.5, 0.6) is 0 Å². The summed E-state index contributed by atoms with van der Waals surface area (Å²) in [6.45, 7) is 19.7. The zero-order valence-corrected chi connectivity index (χ0v) is 23.3. The van der Waals surface area contributed by atoms with Gasteiger partial charge >= 0.3 is 6.09 Å². The molecule has 0 spiro atoms. The van der Waals surface area contributed by atoms with Crippen molar-refractivity contribution in [1.29, 1.82) is 0 Å².